The van der Waals surface area contributed by atoms with Crippen LogP contribution in [-0.2, 0) is 0 Å². The van der Waals surface area contributed by atoms with Gasteiger partial charge in [0, 0.05) is 24.8 Å². The topological polar surface area (TPSA) is 43.7 Å². The second-order valence-electron chi connectivity index (χ2n) is 4.29. The van der Waals surface area contributed by atoms with E-state index in [0.29, 0.717) is 0 Å². The van der Waals surface area contributed by atoms with Gasteiger partial charge in [-0.15, -0.1) is 0 Å². The molecule has 0 aromatic heterocycles. The highest BCUT2D eigenvalue weighted by Gasteiger charge is 2.11. The van der Waals surface area contributed by atoms with Crippen LogP contribution in [0.15, 0.2) is 24.3 Å². The third kappa shape index (κ3) is 3.51. The number of hydrogen-bond acceptors (Lipinski definition) is 3. The van der Waals surface area contributed by atoms with Gasteiger partial charge in [0.2, 0.25) is 0 Å². The van der Waals surface area contributed by atoms with E-state index in [9.17, 15) is 10.2 Å². The minimum absolute atomic E-state index is 0.291. The summed E-state index contributed by atoms with van der Waals surface area (Å²) in [5, 5.41) is 18.9. The first kappa shape index (κ1) is 13.0. The molecular formula is C13H21NO2. The first-order valence-corrected chi connectivity index (χ1v) is 5.68. The number of rotatable bonds is 5. The maximum Gasteiger partial charge on any atom is 0.0781 e. The highest BCUT2D eigenvalue weighted by atomic mass is 16.3. The van der Waals surface area contributed by atoms with Gasteiger partial charge in [-0.3, -0.25) is 0 Å². The lowest BCUT2D eigenvalue weighted by Gasteiger charge is -2.24. The Morgan fingerprint density at radius 3 is 2.38 bits per heavy atom. The van der Waals surface area contributed by atoms with Crippen molar-refractivity contribution < 1.29 is 10.2 Å². The van der Waals surface area contributed by atoms with Crippen LogP contribution in [0.5, 0.6) is 0 Å². The molecule has 2 atom stereocenters. The van der Waals surface area contributed by atoms with Crippen molar-refractivity contribution in [2.24, 2.45) is 0 Å². The summed E-state index contributed by atoms with van der Waals surface area (Å²) in [6.45, 7) is 4.33. The van der Waals surface area contributed by atoms with E-state index < -0.39 is 6.10 Å². The zero-order valence-electron chi connectivity index (χ0n) is 10.2. The van der Waals surface area contributed by atoms with Crippen LogP contribution >= 0.6 is 0 Å². The highest BCUT2D eigenvalue weighted by molar-refractivity contribution is 5.53. The summed E-state index contributed by atoms with van der Waals surface area (Å²) >= 11 is 0. The molecule has 0 radical (unpaired) electrons. The molecule has 0 spiro atoms. The van der Waals surface area contributed by atoms with Crippen molar-refractivity contribution in [1.82, 2.24) is 0 Å². The molecule has 2 unspecified atom stereocenters. The van der Waals surface area contributed by atoms with Crippen LogP contribution in [0.4, 0.5) is 5.69 Å². The van der Waals surface area contributed by atoms with Gasteiger partial charge in [0.05, 0.1) is 12.2 Å². The standard InChI is InChI=1S/C13H21NO2/c1-10(15)8-9-14(3)13-7-5-4-6-12(13)11(2)16/h4-7,10-11,15-16H,8-9H2,1-3H3. The van der Waals surface area contributed by atoms with Crippen LogP contribution < -0.4 is 4.90 Å². The number of aliphatic hydroxyl groups is 2. The van der Waals surface area contributed by atoms with Gasteiger partial charge in [-0.1, -0.05) is 18.2 Å². The fraction of sp³-hybridized carbons (Fsp3) is 0.538. The van der Waals surface area contributed by atoms with Crippen molar-refractivity contribution in [3.63, 3.8) is 0 Å². The molecule has 1 aromatic rings. The van der Waals surface area contributed by atoms with E-state index in [1.807, 2.05) is 31.3 Å². The Kier molecular flexibility index (Phi) is 4.77. The lowest BCUT2D eigenvalue weighted by Crippen LogP contribution is -2.23. The number of aliphatic hydroxyl groups excluding tert-OH is 2. The maximum absolute atomic E-state index is 9.65. The molecule has 0 bridgehead atoms. The largest absolute Gasteiger partial charge is 0.393 e. The third-order valence-electron chi connectivity index (χ3n) is 2.68. The summed E-state index contributed by atoms with van der Waals surface area (Å²) in [5.41, 5.74) is 1.95. The van der Waals surface area contributed by atoms with Crippen LogP contribution in [0.3, 0.4) is 0 Å². The molecule has 3 heteroatoms. The molecule has 16 heavy (non-hydrogen) atoms. The van der Waals surface area contributed by atoms with E-state index in [-0.39, 0.29) is 6.10 Å². The molecule has 0 heterocycles. The molecule has 0 fully saturated rings. The zero-order valence-corrected chi connectivity index (χ0v) is 10.2. The monoisotopic (exact) mass is 223 g/mol. The van der Waals surface area contributed by atoms with E-state index in [1.165, 1.54) is 0 Å². The molecule has 0 aliphatic rings. The molecule has 0 aliphatic carbocycles. The Bertz CT molecular complexity index is 323. The minimum Gasteiger partial charge on any atom is -0.393 e. The average molecular weight is 223 g/mol. The van der Waals surface area contributed by atoms with Gasteiger partial charge in [-0.25, -0.2) is 0 Å². The van der Waals surface area contributed by atoms with Crippen LogP contribution in [0.1, 0.15) is 31.9 Å². The average Bonchev–Trinajstić information content (AvgIpc) is 2.25. The predicted molar refractivity (Wildman–Crippen MR) is 66.6 cm³/mol. The van der Waals surface area contributed by atoms with Crippen LogP contribution in [0.2, 0.25) is 0 Å². The van der Waals surface area contributed by atoms with Gasteiger partial charge in [0.15, 0.2) is 0 Å². The van der Waals surface area contributed by atoms with Gasteiger partial charge in [0.25, 0.3) is 0 Å². The van der Waals surface area contributed by atoms with Gasteiger partial charge in [-0.2, -0.15) is 0 Å². The molecular weight excluding hydrogens is 202 g/mol. The number of hydrogen-bond donors (Lipinski definition) is 2. The van der Waals surface area contributed by atoms with Gasteiger partial charge in [-0.05, 0) is 26.3 Å². The summed E-state index contributed by atoms with van der Waals surface area (Å²) in [5.74, 6) is 0. The first-order valence-electron chi connectivity index (χ1n) is 5.68. The maximum atomic E-state index is 9.65. The van der Waals surface area contributed by atoms with Crippen molar-refractivity contribution in [1.29, 1.82) is 0 Å². The number of nitrogens with zero attached hydrogens (tertiary/aromatic N) is 1. The molecule has 2 N–H and O–H groups in total. The first-order chi connectivity index (χ1) is 7.52. The number of para-hydroxylation sites is 1. The number of benzene rings is 1. The SMILES string of the molecule is CC(O)CCN(C)c1ccccc1C(C)O. The number of anilines is 1. The van der Waals surface area contributed by atoms with E-state index >= 15 is 0 Å². The molecule has 1 aromatic carbocycles. The zero-order chi connectivity index (χ0) is 12.1. The van der Waals surface area contributed by atoms with Crippen molar-refractivity contribution in [3.05, 3.63) is 29.8 Å². The van der Waals surface area contributed by atoms with E-state index in [2.05, 4.69) is 4.90 Å². The second kappa shape index (κ2) is 5.87. The van der Waals surface area contributed by atoms with E-state index in [4.69, 9.17) is 0 Å². The Hall–Kier alpha value is -1.06. The van der Waals surface area contributed by atoms with Crippen LogP contribution in [0.25, 0.3) is 0 Å². The van der Waals surface area contributed by atoms with Crippen LogP contribution in [0, 0.1) is 0 Å². The fourth-order valence-electron chi connectivity index (χ4n) is 1.69. The minimum atomic E-state index is -0.467. The summed E-state index contributed by atoms with van der Waals surface area (Å²) in [4.78, 5) is 2.06. The van der Waals surface area contributed by atoms with Crippen molar-refractivity contribution in [3.8, 4) is 0 Å². The fourth-order valence-corrected chi connectivity index (χ4v) is 1.69. The van der Waals surface area contributed by atoms with Gasteiger partial charge in [0.1, 0.15) is 0 Å². The van der Waals surface area contributed by atoms with Gasteiger partial charge >= 0.3 is 0 Å². The predicted octanol–water partition coefficient (Wildman–Crippen LogP) is 1.95. The summed E-state index contributed by atoms with van der Waals surface area (Å²) in [7, 11) is 1.98. The highest BCUT2D eigenvalue weighted by Crippen LogP contribution is 2.25. The lowest BCUT2D eigenvalue weighted by molar-refractivity contribution is 0.186. The Morgan fingerprint density at radius 1 is 1.19 bits per heavy atom. The smallest absolute Gasteiger partial charge is 0.0781 e. The Morgan fingerprint density at radius 2 is 1.81 bits per heavy atom. The molecule has 90 valence electrons. The Balaban J connectivity index is 2.77. The van der Waals surface area contributed by atoms with Crippen molar-refractivity contribution >= 4 is 5.69 Å². The van der Waals surface area contributed by atoms with Gasteiger partial charge < -0.3 is 15.1 Å². The molecule has 0 amide bonds. The van der Waals surface area contributed by atoms with Crippen LogP contribution in [-0.4, -0.2) is 29.9 Å². The molecule has 1 rings (SSSR count). The third-order valence-corrected chi connectivity index (χ3v) is 2.68. The van der Waals surface area contributed by atoms with Crippen molar-refractivity contribution in [2.75, 3.05) is 18.5 Å². The molecule has 3 nitrogen and oxygen atoms in total. The summed E-state index contributed by atoms with van der Waals surface area (Å²) in [6, 6.07) is 7.80. The summed E-state index contributed by atoms with van der Waals surface area (Å²) < 4.78 is 0. The molecule has 0 saturated carbocycles. The molecule has 0 aliphatic heterocycles. The lowest BCUT2D eigenvalue weighted by atomic mass is 10.1. The Labute approximate surface area is 97.3 Å². The van der Waals surface area contributed by atoms with Crippen molar-refractivity contribution in [2.45, 2.75) is 32.5 Å². The van der Waals surface area contributed by atoms with E-state index in [1.54, 1.807) is 13.8 Å². The quantitative estimate of drug-likeness (QED) is 0.802. The second-order valence-corrected chi connectivity index (χ2v) is 4.29. The summed E-state index contributed by atoms with van der Waals surface area (Å²) in [6.07, 6.45) is -0.0312. The molecule has 0 saturated heterocycles. The van der Waals surface area contributed by atoms with E-state index in [0.717, 1.165) is 24.2 Å². The normalized spacial score (nSPS) is 14.6.